The highest BCUT2D eigenvalue weighted by atomic mass is 32.2. The minimum atomic E-state index is -3.77. The number of carbonyl (C=O) groups excluding carboxylic acids is 2. The van der Waals surface area contributed by atoms with Gasteiger partial charge in [0.25, 0.3) is 5.91 Å². The van der Waals surface area contributed by atoms with Gasteiger partial charge in [-0.1, -0.05) is 19.3 Å². The summed E-state index contributed by atoms with van der Waals surface area (Å²) in [5.41, 5.74) is 0.0710. The molecule has 1 aliphatic heterocycles. The van der Waals surface area contributed by atoms with E-state index in [4.69, 9.17) is 9.47 Å². The summed E-state index contributed by atoms with van der Waals surface area (Å²) in [6.45, 7) is 0.524. The van der Waals surface area contributed by atoms with Crippen LogP contribution >= 0.6 is 0 Å². The monoisotopic (exact) mass is 438 g/mol. The van der Waals surface area contributed by atoms with E-state index < -0.39 is 16.0 Å². The number of sulfonamides is 1. The minimum Gasteiger partial charge on any atom is -0.495 e. The maximum Gasteiger partial charge on any atom is 0.338 e. The third-order valence-electron chi connectivity index (χ3n) is 5.92. The fraction of sp³-hybridized carbons (Fsp3) is 0.619. The molecule has 1 aromatic carbocycles. The van der Waals surface area contributed by atoms with Crippen LogP contribution in [-0.2, 0) is 19.6 Å². The van der Waals surface area contributed by atoms with Crippen LogP contribution in [-0.4, -0.2) is 69.4 Å². The Morgan fingerprint density at radius 3 is 2.40 bits per heavy atom. The number of hydrogen-bond acceptors (Lipinski definition) is 6. The topological polar surface area (TPSA) is 93.2 Å². The molecule has 8 nitrogen and oxygen atoms in total. The Hall–Kier alpha value is -2.13. The second-order valence-corrected chi connectivity index (χ2v) is 9.76. The Morgan fingerprint density at radius 2 is 1.77 bits per heavy atom. The SMILES string of the molecule is COc1ccc(C(=O)OCC(=O)N(C)C2CCCCC2)cc1S(=O)(=O)N1CCCC1. The van der Waals surface area contributed by atoms with Crippen LogP contribution in [0.1, 0.15) is 55.3 Å². The molecule has 3 rings (SSSR count). The van der Waals surface area contributed by atoms with E-state index >= 15 is 0 Å². The van der Waals surface area contributed by atoms with Crippen molar-refractivity contribution < 1.29 is 27.5 Å². The molecule has 2 aliphatic rings. The van der Waals surface area contributed by atoms with Crippen LogP contribution in [0.3, 0.4) is 0 Å². The molecule has 1 aliphatic carbocycles. The molecular weight excluding hydrogens is 408 g/mol. The maximum atomic E-state index is 13.0. The van der Waals surface area contributed by atoms with E-state index in [-0.39, 0.29) is 34.8 Å². The quantitative estimate of drug-likeness (QED) is 0.607. The van der Waals surface area contributed by atoms with Gasteiger partial charge in [-0.3, -0.25) is 4.79 Å². The van der Waals surface area contributed by atoms with Gasteiger partial charge in [-0.15, -0.1) is 0 Å². The van der Waals surface area contributed by atoms with Crippen molar-refractivity contribution in [3.05, 3.63) is 23.8 Å². The first-order valence-electron chi connectivity index (χ1n) is 10.5. The van der Waals surface area contributed by atoms with Crippen LogP contribution in [0.4, 0.5) is 0 Å². The molecule has 0 atom stereocenters. The number of esters is 1. The molecule has 30 heavy (non-hydrogen) atoms. The smallest absolute Gasteiger partial charge is 0.338 e. The lowest BCUT2D eigenvalue weighted by molar-refractivity contribution is -0.135. The highest BCUT2D eigenvalue weighted by Gasteiger charge is 2.31. The summed E-state index contributed by atoms with van der Waals surface area (Å²) in [6, 6.07) is 4.34. The van der Waals surface area contributed by atoms with Crippen LogP contribution in [0.2, 0.25) is 0 Å². The zero-order chi connectivity index (χ0) is 21.7. The molecule has 1 heterocycles. The molecule has 0 spiro atoms. The Kier molecular flexibility index (Phi) is 7.36. The Morgan fingerprint density at radius 1 is 1.10 bits per heavy atom. The molecule has 0 aromatic heterocycles. The van der Waals surface area contributed by atoms with E-state index in [1.165, 1.54) is 36.0 Å². The number of carbonyl (C=O) groups is 2. The van der Waals surface area contributed by atoms with Crippen molar-refractivity contribution in [2.75, 3.05) is 33.9 Å². The van der Waals surface area contributed by atoms with Crippen LogP contribution in [0.15, 0.2) is 23.1 Å². The van der Waals surface area contributed by atoms with E-state index in [1.54, 1.807) is 11.9 Å². The summed E-state index contributed by atoms with van der Waals surface area (Å²) >= 11 is 0. The van der Waals surface area contributed by atoms with Gasteiger partial charge in [0.15, 0.2) is 6.61 Å². The number of nitrogens with zero attached hydrogens (tertiary/aromatic N) is 2. The number of hydrogen-bond donors (Lipinski definition) is 0. The lowest BCUT2D eigenvalue weighted by atomic mass is 9.94. The lowest BCUT2D eigenvalue weighted by Gasteiger charge is -2.31. The van der Waals surface area contributed by atoms with Gasteiger partial charge in [0, 0.05) is 26.2 Å². The van der Waals surface area contributed by atoms with Gasteiger partial charge < -0.3 is 14.4 Å². The average molecular weight is 439 g/mol. The van der Waals surface area contributed by atoms with E-state index in [0.717, 1.165) is 38.5 Å². The first-order valence-corrected chi connectivity index (χ1v) is 11.9. The molecule has 1 saturated heterocycles. The number of ether oxygens (including phenoxy) is 2. The second-order valence-electron chi connectivity index (χ2n) is 7.85. The number of benzene rings is 1. The largest absolute Gasteiger partial charge is 0.495 e. The molecule has 0 bridgehead atoms. The van der Waals surface area contributed by atoms with Crippen molar-refractivity contribution >= 4 is 21.9 Å². The summed E-state index contributed by atoms with van der Waals surface area (Å²) < 4.78 is 37.7. The summed E-state index contributed by atoms with van der Waals surface area (Å²) in [5.74, 6) is -0.818. The molecule has 2 fully saturated rings. The normalized spacial score (nSPS) is 18.2. The third kappa shape index (κ3) is 4.95. The van der Waals surface area contributed by atoms with E-state index in [2.05, 4.69) is 0 Å². The molecule has 1 saturated carbocycles. The third-order valence-corrected chi connectivity index (χ3v) is 7.84. The summed E-state index contributed by atoms with van der Waals surface area (Å²) in [5, 5.41) is 0. The number of amides is 1. The predicted octanol–water partition coefficient (Wildman–Crippen LogP) is 2.43. The number of likely N-dealkylation sites (N-methyl/N-ethyl adjacent to an activating group) is 1. The standard InChI is InChI=1S/C21H30N2O6S/c1-22(17-8-4-3-5-9-17)20(24)15-29-21(25)16-10-11-18(28-2)19(14-16)30(26,27)23-12-6-7-13-23/h10-11,14,17H,3-9,12-13,15H2,1-2H3. The fourth-order valence-electron chi connectivity index (χ4n) is 4.06. The van der Waals surface area contributed by atoms with Crippen molar-refractivity contribution in [3.8, 4) is 5.75 Å². The van der Waals surface area contributed by atoms with Crippen LogP contribution < -0.4 is 4.74 Å². The summed E-state index contributed by atoms with van der Waals surface area (Å²) in [6.07, 6.45) is 6.93. The fourth-order valence-corrected chi connectivity index (χ4v) is 5.76. The number of rotatable bonds is 7. The average Bonchev–Trinajstić information content (AvgIpc) is 3.32. The van der Waals surface area contributed by atoms with Gasteiger partial charge in [-0.2, -0.15) is 4.31 Å². The van der Waals surface area contributed by atoms with Gasteiger partial charge in [0.2, 0.25) is 10.0 Å². The molecule has 1 amide bonds. The predicted molar refractivity (Wildman–Crippen MR) is 111 cm³/mol. The summed E-state index contributed by atoms with van der Waals surface area (Å²) in [7, 11) is -0.650. The Bertz CT molecular complexity index is 873. The highest BCUT2D eigenvalue weighted by Crippen LogP contribution is 2.30. The van der Waals surface area contributed by atoms with Crippen LogP contribution in [0.25, 0.3) is 0 Å². The molecule has 0 unspecified atom stereocenters. The maximum absolute atomic E-state index is 13.0. The Labute approximate surface area is 178 Å². The first-order chi connectivity index (χ1) is 14.3. The first kappa shape index (κ1) is 22.6. The van der Waals surface area contributed by atoms with Crippen LogP contribution in [0, 0.1) is 0 Å². The molecule has 166 valence electrons. The van der Waals surface area contributed by atoms with Crippen molar-refractivity contribution in [2.45, 2.75) is 55.9 Å². The van der Waals surface area contributed by atoms with E-state index in [1.807, 2.05) is 0 Å². The van der Waals surface area contributed by atoms with Gasteiger partial charge >= 0.3 is 5.97 Å². The summed E-state index contributed by atoms with van der Waals surface area (Å²) in [4.78, 5) is 26.5. The molecule has 9 heteroatoms. The minimum absolute atomic E-state index is 0.0630. The van der Waals surface area contributed by atoms with Gasteiger partial charge in [0.05, 0.1) is 12.7 Å². The second kappa shape index (κ2) is 9.78. The zero-order valence-electron chi connectivity index (χ0n) is 17.6. The van der Waals surface area contributed by atoms with Gasteiger partial charge in [-0.25, -0.2) is 13.2 Å². The van der Waals surface area contributed by atoms with Crippen molar-refractivity contribution in [1.29, 1.82) is 0 Å². The lowest BCUT2D eigenvalue weighted by Crippen LogP contribution is -2.40. The Balaban J connectivity index is 1.69. The van der Waals surface area contributed by atoms with Gasteiger partial charge in [-0.05, 0) is 43.9 Å². The number of methoxy groups -OCH3 is 1. The molecular formula is C21H30N2O6S. The molecule has 1 aromatic rings. The van der Waals surface area contributed by atoms with Crippen molar-refractivity contribution in [2.24, 2.45) is 0 Å². The van der Waals surface area contributed by atoms with Crippen molar-refractivity contribution in [1.82, 2.24) is 9.21 Å². The van der Waals surface area contributed by atoms with Crippen molar-refractivity contribution in [3.63, 3.8) is 0 Å². The highest BCUT2D eigenvalue weighted by molar-refractivity contribution is 7.89. The van der Waals surface area contributed by atoms with E-state index in [0.29, 0.717) is 13.1 Å². The van der Waals surface area contributed by atoms with Crippen LogP contribution in [0.5, 0.6) is 5.75 Å². The van der Waals surface area contributed by atoms with Gasteiger partial charge in [0.1, 0.15) is 10.6 Å². The molecule has 0 N–H and O–H groups in total. The zero-order valence-corrected chi connectivity index (χ0v) is 18.4. The molecule has 0 radical (unpaired) electrons. The van der Waals surface area contributed by atoms with E-state index in [9.17, 15) is 18.0 Å².